The van der Waals surface area contributed by atoms with Crippen molar-refractivity contribution >= 4 is 29.0 Å². The molecule has 2 fully saturated rings. The first-order valence-electron chi connectivity index (χ1n) is 11.3. The highest BCUT2D eigenvalue weighted by atomic mass is 16.4. The summed E-state index contributed by atoms with van der Waals surface area (Å²) in [6.45, 7) is 0. The summed E-state index contributed by atoms with van der Waals surface area (Å²) in [6, 6.07) is 26.2. The van der Waals surface area contributed by atoms with Crippen molar-refractivity contribution in [2.75, 3.05) is 4.90 Å². The molecule has 2 bridgehead atoms. The Labute approximate surface area is 196 Å². The molecule has 0 aromatic heterocycles. The monoisotopic (exact) mass is 447 g/mol. The summed E-state index contributed by atoms with van der Waals surface area (Å²) in [5.41, 5.74) is 4.69. The van der Waals surface area contributed by atoms with Crippen LogP contribution in [-0.4, -0.2) is 22.9 Å². The zero-order valence-corrected chi connectivity index (χ0v) is 18.2. The lowest BCUT2D eigenvalue weighted by molar-refractivity contribution is -0.122. The fourth-order valence-electron chi connectivity index (χ4n) is 5.84. The molecule has 4 atom stereocenters. The lowest BCUT2D eigenvalue weighted by atomic mass is 9.85. The first-order valence-corrected chi connectivity index (χ1v) is 11.3. The summed E-state index contributed by atoms with van der Waals surface area (Å²) >= 11 is 0. The summed E-state index contributed by atoms with van der Waals surface area (Å²) in [7, 11) is 0. The number of allylic oxidation sites excluding steroid dienone is 3. The predicted molar refractivity (Wildman–Crippen MR) is 128 cm³/mol. The van der Waals surface area contributed by atoms with E-state index in [4.69, 9.17) is 0 Å². The van der Waals surface area contributed by atoms with Crippen LogP contribution in [0.1, 0.15) is 21.5 Å². The molecule has 0 radical (unpaired) electrons. The Morgan fingerprint density at radius 3 is 1.68 bits per heavy atom. The standard InChI is InChI=1S/C29H21NO4/c31-27-25-21-14-15-22(26(25)28(32)30(27)20-13-7-12-19(16-20)29(33)34)24(21)23(17-8-3-1-4-9-17)18-10-5-2-6-11-18/h1-16,21-22,25-26H,(H,33,34)/t21-,22+,25-,26+. The first-order chi connectivity index (χ1) is 16.6. The number of carboxylic acids is 1. The number of fused-ring (bicyclic) bond motifs is 5. The van der Waals surface area contributed by atoms with Gasteiger partial charge in [-0.2, -0.15) is 0 Å². The van der Waals surface area contributed by atoms with E-state index < -0.39 is 17.8 Å². The van der Waals surface area contributed by atoms with Crippen LogP contribution < -0.4 is 4.90 Å². The fraction of sp³-hybridized carbons (Fsp3) is 0.138. The second kappa shape index (κ2) is 7.66. The maximum atomic E-state index is 13.6. The molecule has 1 N–H and O–H groups in total. The Bertz CT molecular complexity index is 1310. The molecule has 3 aromatic carbocycles. The van der Waals surface area contributed by atoms with Crippen molar-refractivity contribution in [3.8, 4) is 0 Å². The summed E-state index contributed by atoms with van der Waals surface area (Å²) in [5, 5.41) is 9.35. The third-order valence-corrected chi connectivity index (χ3v) is 7.18. The van der Waals surface area contributed by atoms with Gasteiger partial charge in [0.15, 0.2) is 0 Å². The van der Waals surface area contributed by atoms with Crippen LogP contribution in [0, 0.1) is 23.7 Å². The molecule has 1 aliphatic heterocycles. The maximum Gasteiger partial charge on any atom is 0.335 e. The van der Waals surface area contributed by atoms with E-state index in [1.165, 1.54) is 17.0 Å². The van der Waals surface area contributed by atoms with Crippen molar-refractivity contribution in [2.24, 2.45) is 23.7 Å². The number of carbonyl (C=O) groups is 3. The largest absolute Gasteiger partial charge is 0.478 e. The van der Waals surface area contributed by atoms with Crippen LogP contribution in [0.25, 0.3) is 5.57 Å². The van der Waals surface area contributed by atoms with Crippen LogP contribution >= 0.6 is 0 Å². The number of rotatable bonds is 4. The van der Waals surface area contributed by atoms with Crippen LogP contribution in [0.4, 0.5) is 5.69 Å². The van der Waals surface area contributed by atoms with E-state index >= 15 is 0 Å². The van der Waals surface area contributed by atoms with Gasteiger partial charge in [-0.15, -0.1) is 0 Å². The molecule has 3 aliphatic rings. The zero-order valence-electron chi connectivity index (χ0n) is 18.2. The third kappa shape index (κ3) is 2.90. The molecule has 5 heteroatoms. The van der Waals surface area contributed by atoms with Gasteiger partial charge in [0.2, 0.25) is 11.8 Å². The highest BCUT2D eigenvalue weighted by molar-refractivity contribution is 6.23. The quantitative estimate of drug-likeness (QED) is 0.460. The number of nitrogens with zero attached hydrogens (tertiary/aromatic N) is 1. The average molecular weight is 447 g/mol. The number of benzene rings is 3. The van der Waals surface area contributed by atoms with Gasteiger partial charge < -0.3 is 5.11 Å². The smallest absolute Gasteiger partial charge is 0.335 e. The van der Waals surface area contributed by atoms with Gasteiger partial charge in [-0.05, 0) is 40.5 Å². The Morgan fingerprint density at radius 2 is 1.18 bits per heavy atom. The number of anilines is 1. The average Bonchev–Trinajstić information content (AvgIpc) is 3.50. The molecule has 1 saturated carbocycles. The van der Waals surface area contributed by atoms with Gasteiger partial charge in [-0.25, -0.2) is 9.69 Å². The Kier molecular flexibility index (Phi) is 4.59. The van der Waals surface area contributed by atoms with E-state index in [9.17, 15) is 19.5 Å². The molecule has 6 rings (SSSR count). The van der Waals surface area contributed by atoms with E-state index in [1.54, 1.807) is 12.1 Å². The molecule has 0 spiro atoms. The summed E-state index contributed by atoms with van der Waals surface area (Å²) in [6.07, 6.45) is 4.13. The molecule has 2 amide bonds. The molecule has 5 nitrogen and oxygen atoms in total. The van der Waals surface area contributed by atoms with Crippen molar-refractivity contribution in [1.82, 2.24) is 0 Å². The first kappa shape index (κ1) is 20.4. The summed E-state index contributed by atoms with van der Waals surface area (Å²) in [4.78, 5) is 39.8. The number of hydrogen-bond acceptors (Lipinski definition) is 3. The molecular weight excluding hydrogens is 426 g/mol. The normalized spacial score (nSPS) is 24.6. The second-order valence-electron chi connectivity index (χ2n) is 8.92. The number of aromatic carboxylic acids is 1. The van der Waals surface area contributed by atoms with E-state index in [-0.39, 0.29) is 29.2 Å². The minimum atomic E-state index is -1.09. The van der Waals surface area contributed by atoms with Gasteiger partial charge in [0.25, 0.3) is 0 Å². The molecule has 0 unspecified atom stereocenters. The molecular formula is C29H21NO4. The maximum absolute atomic E-state index is 13.6. The Hall–Kier alpha value is -4.25. The second-order valence-corrected chi connectivity index (χ2v) is 8.92. The van der Waals surface area contributed by atoms with Crippen LogP contribution in [0.15, 0.2) is 103 Å². The van der Waals surface area contributed by atoms with Crippen molar-refractivity contribution in [3.63, 3.8) is 0 Å². The Morgan fingerprint density at radius 1 is 0.676 bits per heavy atom. The number of amides is 2. The number of carbonyl (C=O) groups excluding carboxylic acids is 2. The van der Waals surface area contributed by atoms with Crippen LogP contribution in [0.5, 0.6) is 0 Å². The minimum Gasteiger partial charge on any atom is -0.478 e. The molecule has 2 aliphatic carbocycles. The van der Waals surface area contributed by atoms with Gasteiger partial charge in [0, 0.05) is 11.8 Å². The van der Waals surface area contributed by atoms with Gasteiger partial charge in [-0.1, -0.05) is 78.9 Å². The van der Waals surface area contributed by atoms with Gasteiger partial charge in [0.05, 0.1) is 23.1 Å². The van der Waals surface area contributed by atoms with Crippen LogP contribution in [0.3, 0.4) is 0 Å². The lowest BCUT2D eigenvalue weighted by Gasteiger charge is -2.21. The van der Waals surface area contributed by atoms with Crippen molar-refractivity contribution in [2.45, 2.75) is 0 Å². The van der Waals surface area contributed by atoms with Crippen molar-refractivity contribution in [1.29, 1.82) is 0 Å². The van der Waals surface area contributed by atoms with E-state index in [0.29, 0.717) is 5.69 Å². The predicted octanol–water partition coefficient (Wildman–Crippen LogP) is 4.81. The third-order valence-electron chi connectivity index (χ3n) is 7.18. The molecule has 1 heterocycles. The highest BCUT2D eigenvalue weighted by Crippen LogP contribution is 2.58. The summed E-state index contributed by atoms with van der Waals surface area (Å²) < 4.78 is 0. The highest BCUT2D eigenvalue weighted by Gasteiger charge is 2.62. The minimum absolute atomic E-state index is 0.0484. The van der Waals surface area contributed by atoms with Crippen LogP contribution in [0.2, 0.25) is 0 Å². The van der Waals surface area contributed by atoms with Gasteiger partial charge in [0.1, 0.15) is 0 Å². The topological polar surface area (TPSA) is 74.7 Å². The van der Waals surface area contributed by atoms with Crippen molar-refractivity contribution in [3.05, 3.63) is 119 Å². The SMILES string of the molecule is O=C(O)c1cccc(N2C(=O)[C@@H]3[C@H](C2=O)[C@@H]2C=C[C@H]3C2=C(c2ccccc2)c2ccccc2)c1. The Balaban J connectivity index is 1.47. The van der Waals surface area contributed by atoms with E-state index in [2.05, 4.69) is 36.4 Å². The molecule has 166 valence electrons. The number of imide groups is 1. The molecule has 1 saturated heterocycles. The summed E-state index contributed by atoms with van der Waals surface area (Å²) in [5.74, 6) is -2.91. The number of hydrogen-bond donors (Lipinski definition) is 1. The molecule has 34 heavy (non-hydrogen) atoms. The molecule has 3 aromatic rings. The van der Waals surface area contributed by atoms with E-state index in [0.717, 1.165) is 22.3 Å². The lowest BCUT2D eigenvalue weighted by Crippen LogP contribution is -2.33. The fourth-order valence-corrected chi connectivity index (χ4v) is 5.84. The zero-order chi connectivity index (χ0) is 23.4. The van der Waals surface area contributed by atoms with Crippen molar-refractivity contribution < 1.29 is 19.5 Å². The van der Waals surface area contributed by atoms with Gasteiger partial charge in [-0.3, -0.25) is 9.59 Å². The van der Waals surface area contributed by atoms with Crippen LogP contribution in [-0.2, 0) is 9.59 Å². The van der Waals surface area contributed by atoms with Gasteiger partial charge >= 0.3 is 5.97 Å². The number of carboxylic acid groups (broad SMARTS) is 1. The van der Waals surface area contributed by atoms with E-state index in [1.807, 2.05) is 36.4 Å².